The fraction of sp³-hybridized carbons (Fsp3) is 0.500. The van der Waals surface area contributed by atoms with Gasteiger partial charge in [-0.3, -0.25) is 4.79 Å². The number of aliphatic carboxylic acids is 1. The van der Waals surface area contributed by atoms with Crippen LogP contribution in [0.15, 0.2) is 30.5 Å². The van der Waals surface area contributed by atoms with Gasteiger partial charge in [0.1, 0.15) is 0 Å². The maximum absolute atomic E-state index is 10.5. The summed E-state index contributed by atoms with van der Waals surface area (Å²) in [7, 11) is 0. The number of benzene rings is 1. The summed E-state index contributed by atoms with van der Waals surface area (Å²) in [6, 6.07) is 8.59. The van der Waals surface area contributed by atoms with Gasteiger partial charge in [0.25, 0.3) is 0 Å². The molecule has 1 aromatic carbocycles. The Morgan fingerprint density at radius 1 is 1.23 bits per heavy atom. The molecule has 2 rings (SSSR count). The minimum absolute atomic E-state index is 0.264. The predicted octanol–water partition coefficient (Wildman–Crippen LogP) is 3.44. The summed E-state index contributed by atoms with van der Waals surface area (Å²) in [4.78, 5) is 12.8. The number of nitrogens with zero attached hydrogens (tertiary/aromatic N) is 1. The number of nitrogens with one attached hydrogen (secondary N) is 1. The summed E-state index contributed by atoms with van der Waals surface area (Å²) in [6.45, 7) is 5.37. The Kier molecular flexibility index (Phi) is 5.87. The van der Waals surface area contributed by atoms with Gasteiger partial charge in [-0.2, -0.15) is 0 Å². The van der Waals surface area contributed by atoms with E-state index in [0.29, 0.717) is 6.17 Å². The van der Waals surface area contributed by atoms with Gasteiger partial charge in [0.15, 0.2) is 0 Å². The third-order valence-corrected chi connectivity index (χ3v) is 4.14. The number of hydrogen-bond acceptors (Lipinski definition) is 3. The summed E-state index contributed by atoms with van der Waals surface area (Å²) >= 11 is 0. The lowest BCUT2D eigenvalue weighted by atomic mass is 10.0. The van der Waals surface area contributed by atoms with E-state index in [-0.39, 0.29) is 6.42 Å². The van der Waals surface area contributed by atoms with Gasteiger partial charge < -0.3 is 15.3 Å². The van der Waals surface area contributed by atoms with E-state index in [2.05, 4.69) is 54.5 Å². The average Bonchev–Trinajstić information content (AvgIpc) is 2.95. The molecule has 0 amide bonds. The van der Waals surface area contributed by atoms with Crippen molar-refractivity contribution in [1.29, 1.82) is 0 Å². The third kappa shape index (κ3) is 4.26. The van der Waals surface area contributed by atoms with E-state index < -0.39 is 5.97 Å². The highest BCUT2D eigenvalue weighted by Crippen LogP contribution is 2.22. The van der Waals surface area contributed by atoms with E-state index in [9.17, 15) is 4.79 Å². The highest BCUT2D eigenvalue weighted by molar-refractivity contribution is 5.66. The van der Waals surface area contributed by atoms with Crippen LogP contribution < -0.4 is 5.32 Å². The van der Waals surface area contributed by atoms with Crippen LogP contribution in [0.4, 0.5) is 0 Å². The Morgan fingerprint density at radius 2 is 1.95 bits per heavy atom. The van der Waals surface area contributed by atoms with E-state index in [4.69, 9.17) is 5.11 Å². The molecule has 1 atom stereocenters. The first-order chi connectivity index (χ1) is 10.6. The maximum Gasteiger partial charge on any atom is 0.303 e. The first kappa shape index (κ1) is 16.4. The van der Waals surface area contributed by atoms with Crippen molar-refractivity contribution in [2.75, 3.05) is 6.54 Å². The summed E-state index contributed by atoms with van der Waals surface area (Å²) < 4.78 is 0. The Bertz CT molecular complexity index is 522. The summed E-state index contributed by atoms with van der Waals surface area (Å²) in [5, 5.41) is 12.2. The van der Waals surface area contributed by atoms with Crippen LogP contribution in [0.2, 0.25) is 0 Å². The molecule has 4 heteroatoms. The van der Waals surface area contributed by atoms with E-state index in [0.717, 1.165) is 32.2 Å². The van der Waals surface area contributed by atoms with Gasteiger partial charge in [0.2, 0.25) is 0 Å². The zero-order valence-electron chi connectivity index (χ0n) is 13.5. The SMILES string of the molecule is CCC1NC(c2ccc(CCCCC(=O)O)cc2)=CN1CC. The number of carbonyl (C=O) groups is 1. The molecule has 0 saturated carbocycles. The molecule has 120 valence electrons. The second kappa shape index (κ2) is 7.87. The van der Waals surface area contributed by atoms with Crippen LogP contribution in [-0.4, -0.2) is 28.7 Å². The summed E-state index contributed by atoms with van der Waals surface area (Å²) in [5.74, 6) is -0.708. The van der Waals surface area contributed by atoms with Gasteiger partial charge in [0, 0.05) is 19.2 Å². The molecule has 4 nitrogen and oxygen atoms in total. The second-order valence-electron chi connectivity index (χ2n) is 5.74. The lowest BCUT2D eigenvalue weighted by Gasteiger charge is -2.22. The monoisotopic (exact) mass is 302 g/mol. The molecular weight excluding hydrogens is 276 g/mol. The number of hydrogen-bond donors (Lipinski definition) is 2. The number of carboxylic acid groups (broad SMARTS) is 1. The van der Waals surface area contributed by atoms with Crippen molar-refractivity contribution in [3.05, 3.63) is 41.6 Å². The molecule has 1 heterocycles. The van der Waals surface area contributed by atoms with Gasteiger partial charge in [-0.15, -0.1) is 0 Å². The molecule has 0 fully saturated rings. The zero-order valence-corrected chi connectivity index (χ0v) is 13.5. The number of rotatable bonds is 8. The summed E-state index contributed by atoms with van der Waals surface area (Å²) in [5.41, 5.74) is 3.67. The molecular formula is C18H26N2O2. The Hall–Kier alpha value is -1.97. The first-order valence-corrected chi connectivity index (χ1v) is 8.19. The Balaban J connectivity index is 1.90. The standard InChI is InChI=1S/C18H26N2O2/c1-3-17-19-16(13-20(17)4-2)15-11-9-14(10-12-15)7-5-6-8-18(21)22/h9-13,17,19H,3-8H2,1-2H3,(H,21,22). The smallest absolute Gasteiger partial charge is 0.303 e. The van der Waals surface area contributed by atoms with Crippen LogP contribution >= 0.6 is 0 Å². The highest BCUT2D eigenvalue weighted by Gasteiger charge is 2.21. The topological polar surface area (TPSA) is 52.6 Å². The Labute approximate surface area is 132 Å². The minimum atomic E-state index is -0.708. The molecule has 0 radical (unpaired) electrons. The fourth-order valence-electron chi connectivity index (χ4n) is 2.82. The van der Waals surface area contributed by atoms with Crippen LogP contribution in [-0.2, 0) is 11.2 Å². The van der Waals surface area contributed by atoms with Crippen molar-refractivity contribution in [2.24, 2.45) is 0 Å². The normalized spacial score (nSPS) is 17.3. The van der Waals surface area contributed by atoms with Crippen LogP contribution in [0.5, 0.6) is 0 Å². The van der Waals surface area contributed by atoms with Crippen LogP contribution in [0.3, 0.4) is 0 Å². The van der Waals surface area contributed by atoms with Crippen LogP contribution in [0.1, 0.15) is 50.7 Å². The van der Waals surface area contributed by atoms with E-state index in [1.807, 2.05) is 0 Å². The highest BCUT2D eigenvalue weighted by atomic mass is 16.4. The molecule has 1 aliphatic rings. The molecule has 0 saturated heterocycles. The second-order valence-corrected chi connectivity index (χ2v) is 5.74. The lowest BCUT2D eigenvalue weighted by molar-refractivity contribution is -0.137. The molecule has 1 aliphatic heterocycles. The van der Waals surface area contributed by atoms with Crippen molar-refractivity contribution in [2.45, 2.75) is 52.1 Å². The Morgan fingerprint density at radius 3 is 2.50 bits per heavy atom. The van der Waals surface area contributed by atoms with Gasteiger partial charge in [-0.25, -0.2) is 0 Å². The molecule has 0 aromatic heterocycles. The molecule has 0 aliphatic carbocycles. The van der Waals surface area contributed by atoms with Crippen molar-refractivity contribution < 1.29 is 9.90 Å². The molecule has 0 bridgehead atoms. The van der Waals surface area contributed by atoms with Crippen molar-refractivity contribution in [3.8, 4) is 0 Å². The van der Waals surface area contributed by atoms with Crippen LogP contribution in [0.25, 0.3) is 5.70 Å². The summed E-state index contributed by atoms with van der Waals surface area (Å²) in [6.07, 6.45) is 6.56. The molecule has 1 aromatic rings. The predicted molar refractivity (Wildman–Crippen MR) is 89.2 cm³/mol. The third-order valence-electron chi connectivity index (χ3n) is 4.14. The lowest BCUT2D eigenvalue weighted by Crippen LogP contribution is -2.34. The van der Waals surface area contributed by atoms with Crippen molar-refractivity contribution in [3.63, 3.8) is 0 Å². The number of unbranched alkanes of at least 4 members (excludes halogenated alkanes) is 1. The number of aryl methyl sites for hydroxylation is 1. The average molecular weight is 302 g/mol. The van der Waals surface area contributed by atoms with E-state index in [1.54, 1.807) is 0 Å². The number of carboxylic acids is 1. The van der Waals surface area contributed by atoms with Crippen molar-refractivity contribution in [1.82, 2.24) is 10.2 Å². The van der Waals surface area contributed by atoms with Gasteiger partial charge in [-0.05, 0) is 43.7 Å². The van der Waals surface area contributed by atoms with Gasteiger partial charge >= 0.3 is 5.97 Å². The fourth-order valence-corrected chi connectivity index (χ4v) is 2.82. The van der Waals surface area contributed by atoms with Gasteiger partial charge in [0.05, 0.1) is 11.9 Å². The first-order valence-electron chi connectivity index (χ1n) is 8.19. The van der Waals surface area contributed by atoms with Crippen molar-refractivity contribution >= 4 is 11.7 Å². The molecule has 1 unspecified atom stereocenters. The van der Waals surface area contributed by atoms with E-state index >= 15 is 0 Å². The maximum atomic E-state index is 10.5. The molecule has 2 N–H and O–H groups in total. The molecule has 22 heavy (non-hydrogen) atoms. The van der Waals surface area contributed by atoms with E-state index in [1.165, 1.54) is 16.8 Å². The largest absolute Gasteiger partial charge is 0.481 e. The zero-order chi connectivity index (χ0) is 15.9. The quantitative estimate of drug-likeness (QED) is 0.722. The van der Waals surface area contributed by atoms with Crippen LogP contribution in [0, 0.1) is 0 Å². The minimum Gasteiger partial charge on any atom is -0.481 e. The van der Waals surface area contributed by atoms with Gasteiger partial charge in [-0.1, -0.05) is 31.2 Å². The molecule has 0 spiro atoms.